The van der Waals surface area contributed by atoms with E-state index in [1.165, 1.54) is 0 Å². The standard InChI is InChI=1S/C12H8N4O/c13-16-15-11-3-1-9(2-4-11)12(17)10-5-7-14-8-6-10/h1-8H. The van der Waals surface area contributed by atoms with Crippen LogP contribution in [-0.2, 0) is 0 Å². The lowest BCUT2D eigenvalue weighted by atomic mass is 10.0. The van der Waals surface area contributed by atoms with Gasteiger partial charge in [-0.25, -0.2) is 0 Å². The Labute approximate surface area is 97.4 Å². The maximum atomic E-state index is 12.0. The SMILES string of the molecule is [N-]=[N+]=Nc1ccc(C(=O)c2ccncc2)cc1. The summed E-state index contributed by atoms with van der Waals surface area (Å²) in [5.41, 5.74) is 9.87. The predicted octanol–water partition coefficient (Wildman–Crippen LogP) is 3.25. The number of pyridine rings is 1. The average molecular weight is 224 g/mol. The molecule has 0 bridgehead atoms. The Morgan fingerprint density at radius 2 is 1.65 bits per heavy atom. The van der Waals surface area contributed by atoms with Gasteiger partial charge in [0.25, 0.3) is 0 Å². The van der Waals surface area contributed by atoms with E-state index in [2.05, 4.69) is 15.0 Å². The molecule has 0 aliphatic carbocycles. The van der Waals surface area contributed by atoms with E-state index >= 15 is 0 Å². The fourth-order valence-electron chi connectivity index (χ4n) is 1.40. The van der Waals surface area contributed by atoms with Crippen LogP contribution in [0.4, 0.5) is 5.69 Å². The van der Waals surface area contributed by atoms with Crippen molar-refractivity contribution in [3.05, 3.63) is 70.4 Å². The molecule has 0 atom stereocenters. The van der Waals surface area contributed by atoms with Gasteiger partial charge >= 0.3 is 0 Å². The van der Waals surface area contributed by atoms with E-state index in [4.69, 9.17) is 5.53 Å². The molecule has 0 radical (unpaired) electrons. The molecule has 0 spiro atoms. The van der Waals surface area contributed by atoms with Gasteiger partial charge in [0.1, 0.15) is 0 Å². The Morgan fingerprint density at radius 1 is 1.06 bits per heavy atom. The summed E-state index contributed by atoms with van der Waals surface area (Å²) < 4.78 is 0. The van der Waals surface area contributed by atoms with Crippen LogP contribution in [0.1, 0.15) is 15.9 Å². The van der Waals surface area contributed by atoms with Crippen molar-refractivity contribution in [2.45, 2.75) is 0 Å². The molecule has 0 amide bonds. The predicted molar refractivity (Wildman–Crippen MR) is 62.9 cm³/mol. The fourth-order valence-corrected chi connectivity index (χ4v) is 1.40. The fraction of sp³-hybridized carbons (Fsp3) is 0. The summed E-state index contributed by atoms with van der Waals surface area (Å²) in [6.45, 7) is 0. The summed E-state index contributed by atoms with van der Waals surface area (Å²) in [5, 5.41) is 3.44. The molecule has 0 aliphatic heterocycles. The van der Waals surface area contributed by atoms with Crippen molar-refractivity contribution < 1.29 is 4.79 Å². The van der Waals surface area contributed by atoms with Crippen molar-refractivity contribution in [1.82, 2.24) is 4.98 Å². The van der Waals surface area contributed by atoms with Gasteiger partial charge in [-0.15, -0.1) is 0 Å². The Morgan fingerprint density at radius 3 is 2.24 bits per heavy atom. The quantitative estimate of drug-likeness (QED) is 0.347. The lowest BCUT2D eigenvalue weighted by Gasteiger charge is -2.00. The van der Waals surface area contributed by atoms with Crippen molar-refractivity contribution in [2.75, 3.05) is 0 Å². The third-order valence-electron chi connectivity index (χ3n) is 2.23. The van der Waals surface area contributed by atoms with Crippen molar-refractivity contribution in [3.8, 4) is 0 Å². The van der Waals surface area contributed by atoms with Crippen LogP contribution in [0.25, 0.3) is 10.4 Å². The minimum atomic E-state index is -0.0834. The normalized spacial score (nSPS) is 9.41. The first-order valence-corrected chi connectivity index (χ1v) is 4.91. The number of benzene rings is 1. The molecule has 0 unspecified atom stereocenters. The Hall–Kier alpha value is -2.65. The molecule has 17 heavy (non-hydrogen) atoms. The van der Waals surface area contributed by atoms with Gasteiger partial charge in [-0.2, -0.15) is 0 Å². The van der Waals surface area contributed by atoms with Crippen LogP contribution in [-0.4, -0.2) is 10.8 Å². The highest BCUT2D eigenvalue weighted by Crippen LogP contribution is 2.15. The van der Waals surface area contributed by atoms with Crippen LogP contribution >= 0.6 is 0 Å². The third kappa shape index (κ3) is 2.48. The third-order valence-corrected chi connectivity index (χ3v) is 2.23. The maximum absolute atomic E-state index is 12.0. The first kappa shape index (κ1) is 10.9. The number of aromatic nitrogens is 1. The summed E-state index contributed by atoms with van der Waals surface area (Å²) in [4.78, 5) is 18.5. The van der Waals surface area contributed by atoms with Gasteiger partial charge < -0.3 is 0 Å². The van der Waals surface area contributed by atoms with E-state index in [1.807, 2.05) is 0 Å². The van der Waals surface area contributed by atoms with Gasteiger partial charge in [0.05, 0.1) is 0 Å². The second-order valence-electron chi connectivity index (χ2n) is 3.30. The number of nitrogens with zero attached hydrogens (tertiary/aromatic N) is 4. The molecule has 0 fully saturated rings. The van der Waals surface area contributed by atoms with Crippen LogP contribution in [0, 0.1) is 0 Å². The number of carbonyl (C=O) groups excluding carboxylic acids is 1. The van der Waals surface area contributed by atoms with Gasteiger partial charge in [0.15, 0.2) is 5.78 Å². The van der Waals surface area contributed by atoms with Crippen molar-refractivity contribution in [2.24, 2.45) is 5.11 Å². The molecule has 5 heteroatoms. The van der Waals surface area contributed by atoms with E-state index < -0.39 is 0 Å². The molecule has 82 valence electrons. The number of azide groups is 1. The van der Waals surface area contributed by atoms with Crippen LogP contribution in [0.2, 0.25) is 0 Å². The summed E-state index contributed by atoms with van der Waals surface area (Å²) in [6, 6.07) is 9.79. The Kier molecular flexibility index (Phi) is 3.14. The molecular formula is C12H8N4O. The second-order valence-corrected chi connectivity index (χ2v) is 3.30. The first-order valence-electron chi connectivity index (χ1n) is 4.91. The summed E-state index contributed by atoms with van der Waals surface area (Å²) in [5.74, 6) is -0.0834. The number of hydrogen-bond donors (Lipinski definition) is 0. The highest BCUT2D eigenvalue weighted by atomic mass is 16.1. The number of hydrogen-bond acceptors (Lipinski definition) is 3. The summed E-state index contributed by atoms with van der Waals surface area (Å²) in [6.07, 6.45) is 3.14. The zero-order valence-corrected chi connectivity index (χ0v) is 8.82. The highest BCUT2D eigenvalue weighted by molar-refractivity contribution is 6.08. The summed E-state index contributed by atoms with van der Waals surface area (Å²) >= 11 is 0. The molecule has 2 aromatic rings. The van der Waals surface area contributed by atoms with E-state index in [0.717, 1.165) is 0 Å². The van der Waals surface area contributed by atoms with Gasteiger partial charge in [0, 0.05) is 34.1 Å². The lowest BCUT2D eigenvalue weighted by molar-refractivity contribution is 0.103. The second kappa shape index (κ2) is 4.92. The molecular weight excluding hydrogens is 216 g/mol. The minimum absolute atomic E-state index is 0.0834. The van der Waals surface area contributed by atoms with E-state index in [1.54, 1.807) is 48.8 Å². The van der Waals surface area contributed by atoms with Crippen LogP contribution in [0.15, 0.2) is 53.9 Å². The van der Waals surface area contributed by atoms with E-state index in [9.17, 15) is 4.79 Å². The van der Waals surface area contributed by atoms with E-state index in [-0.39, 0.29) is 5.78 Å². The van der Waals surface area contributed by atoms with E-state index in [0.29, 0.717) is 16.8 Å². The largest absolute Gasteiger partial charge is 0.289 e. The maximum Gasteiger partial charge on any atom is 0.193 e. The van der Waals surface area contributed by atoms with Gasteiger partial charge in [-0.05, 0) is 17.7 Å². The number of carbonyl (C=O) groups is 1. The first-order chi connectivity index (χ1) is 8.31. The van der Waals surface area contributed by atoms with Gasteiger partial charge in [-0.1, -0.05) is 29.4 Å². The molecule has 0 saturated carbocycles. The number of rotatable bonds is 3. The van der Waals surface area contributed by atoms with Gasteiger partial charge in [-0.3, -0.25) is 9.78 Å². The Balaban J connectivity index is 2.29. The molecule has 1 aromatic heterocycles. The molecule has 1 heterocycles. The van der Waals surface area contributed by atoms with Crippen LogP contribution < -0.4 is 0 Å². The van der Waals surface area contributed by atoms with Crippen molar-refractivity contribution >= 4 is 11.5 Å². The molecule has 5 nitrogen and oxygen atoms in total. The van der Waals surface area contributed by atoms with Crippen LogP contribution in [0.3, 0.4) is 0 Å². The topological polar surface area (TPSA) is 78.7 Å². The molecule has 2 rings (SSSR count). The minimum Gasteiger partial charge on any atom is -0.289 e. The monoisotopic (exact) mass is 224 g/mol. The number of ketones is 1. The van der Waals surface area contributed by atoms with Gasteiger partial charge in [0.2, 0.25) is 0 Å². The molecule has 1 aromatic carbocycles. The van der Waals surface area contributed by atoms with Crippen molar-refractivity contribution in [3.63, 3.8) is 0 Å². The molecule has 0 aliphatic rings. The van der Waals surface area contributed by atoms with Crippen LogP contribution in [0.5, 0.6) is 0 Å². The molecule has 0 N–H and O–H groups in total. The zero-order chi connectivity index (χ0) is 12.1. The summed E-state index contributed by atoms with van der Waals surface area (Å²) in [7, 11) is 0. The average Bonchev–Trinajstić information content (AvgIpc) is 2.40. The Bertz CT molecular complexity index is 571. The smallest absolute Gasteiger partial charge is 0.193 e. The zero-order valence-electron chi connectivity index (χ0n) is 8.82. The van der Waals surface area contributed by atoms with Crippen molar-refractivity contribution in [1.29, 1.82) is 0 Å². The molecule has 0 saturated heterocycles. The lowest BCUT2D eigenvalue weighted by Crippen LogP contribution is -2.00. The highest BCUT2D eigenvalue weighted by Gasteiger charge is 2.07.